The summed E-state index contributed by atoms with van der Waals surface area (Å²) in [5, 5.41) is 14.2. The number of aromatic nitrogens is 4. The summed E-state index contributed by atoms with van der Waals surface area (Å²) in [6.07, 6.45) is 0.0664. The maximum absolute atomic E-state index is 12.2. The van der Waals surface area contributed by atoms with E-state index in [1.54, 1.807) is 6.92 Å². The van der Waals surface area contributed by atoms with Gasteiger partial charge in [0.15, 0.2) is 0 Å². The van der Waals surface area contributed by atoms with Crippen molar-refractivity contribution in [1.29, 1.82) is 0 Å². The summed E-state index contributed by atoms with van der Waals surface area (Å²) in [5.41, 5.74) is 6.63. The fourth-order valence-electron chi connectivity index (χ4n) is 4.43. The van der Waals surface area contributed by atoms with Gasteiger partial charge in [0.1, 0.15) is 18.3 Å². The Morgan fingerprint density at radius 3 is 1.87 bits per heavy atom. The van der Waals surface area contributed by atoms with Gasteiger partial charge in [-0.15, -0.1) is 0 Å². The van der Waals surface area contributed by atoms with Crippen molar-refractivity contribution in [2.45, 2.75) is 45.4 Å². The number of rotatable bonds is 9. The average Bonchev–Trinajstić information content (AvgIpc) is 3.55. The largest absolute Gasteiger partial charge is 0.465 e. The normalized spacial score (nSPS) is 12.8. The summed E-state index contributed by atoms with van der Waals surface area (Å²) in [6.45, 7) is 3.81. The zero-order valence-corrected chi connectivity index (χ0v) is 21.7. The first kappa shape index (κ1) is 25.8. The molecule has 0 saturated carbocycles. The first-order valence-corrected chi connectivity index (χ1v) is 12.8. The van der Waals surface area contributed by atoms with Gasteiger partial charge >= 0.3 is 12.2 Å². The molecule has 0 aliphatic heterocycles. The van der Waals surface area contributed by atoms with E-state index in [4.69, 9.17) is 9.84 Å². The second-order valence-electron chi connectivity index (χ2n) is 9.55. The van der Waals surface area contributed by atoms with Crippen molar-refractivity contribution in [3.63, 3.8) is 0 Å². The molecule has 0 fully saturated rings. The minimum absolute atomic E-state index is 0.207. The summed E-state index contributed by atoms with van der Waals surface area (Å²) in [7, 11) is 0. The third-order valence-electron chi connectivity index (χ3n) is 6.54. The van der Waals surface area contributed by atoms with E-state index in [9.17, 15) is 9.59 Å². The number of hydrogen-bond acceptors (Lipinski definition) is 5. The minimum atomic E-state index is -1.09. The highest BCUT2D eigenvalue weighted by Gasteiger charge is 2.16. The van der Waals surface area contributed by atoms with Crippen LogP contribution in [0.2, 0.25) is 0 Å². The Bertz CT molecular complexity index is 1610. The lowest BCUT2D eigenvalue weighted by Crippen LogP contribution is -2.27. The molecular formula is C29H30N6O4. The van der Waals surface area contributed by atoms with Gasteiger partial charge in [-0.25, -0.2) is 19.6 Å². The van der Waals surface area contributed by atoms with Crippen molar-refractivity contribution in [2.24, 2.45) is 0 Å². The summed E-state index contributed by atoms with van der Waals surface area (Å²) >= 11 is 0. The molecule has 1 unspecified atom stereocenters. The van der Waals surface area contributed by atoms with Crippen LogP contribution < -0.4 is 10.6 Å². The molecule has 0 spiro atoms. The Hall–Kier alpha value is -4.86. The number of aromatic amines is 2. The minimum Gasteiger partial charge on any atom is -0.465 e. The summed E-state index contributed by atoms with van der Waals surface area (Å²) in [4.78, 5) is 38.8. The van der Waals surface area contributed by atoms with Crippen molar-refractivity contribution < 1.29 is 19.4 Å². The second kappa shape index (κ2) is 11.3. The van der Waals surface area contributed by atoms with Gasteiger partial charge in [-0.05, 0) is 67.6 Å². The van der Waals surface area contributed by atoms with Crippen LogP contribution >= 0.6 is 0 Å². The maximum Gasteiger partial charge on any atom is 0.408 e. The molecule has 3 aromatic carbocycles. The number of amides is 2. The number of carbonyl (C=O) groups is 2. The van der Waals surface area contributed by atoms with E-state index in [0.29, 0.717) is 11.6 Å². The second-order valence-corrected chi connectivity index (χ2v) is 9.55. The number of fused-ring (bicyclic) bond motifs is 2. The van der Waals surface area contributed by atoms with Crippen LogP contribution in [0.5, 0.6) is 0 Å². The summed E-state index contributed by atoms with van der Waals surface area (Å²) in [6, 6.07) is 20.9. The lowest BCUT2D eigenvalue weighted by Gasteiger charge is -2.11. The Kier molecular flexibility index (Phi) is 7.44. The van der Waals surface area contributed by atoms with E-state index in [1.165, 1.54) is 0 Å². The highest BCUT2D eigenvalue weighted by Crippen LogP contribution is 2.21. The quantitative estimate of drug-likeness (QED) is 0.170. The van der Waals surface area contributed by atoms with Gasteiger partial charge in [0.25, 0.3) is 0 Å². The van der Waals surface area contributed by atoms with Crippen LogP contribution in [-0.4, -0.2) is 37.2 Å². The number of ether oxygens (including phenoxy) is 1. The zero-order chi connectivity index (χ0) is 27.4. The molecule has 2 amide bonds. The Labute approximate surface area is 224 Å². The smallest absolute Gasteiger partial charge is 0.408 e. The topological polar surface area (TPSA) is 145 Å². The van der Waals surface area contributed by atoms with Crippen LogP contribution in [0.4, 0.5) is 9.59 Å². The standard InChI is InChI=1S/C29H30N6O4/c1-17(30-28(36)37)26-32-22-12-10-19(14-24(22)34-26)8-9-20-11-13-23-25(15-20)35-27(33-23)18(2)31-29(38)39-16-21-6-4-3-5-7-21/h3-7,10-15,17-18,30H,8-9,16H2,1-2H3,(H,31,38)(H,32,34)(H,33,35)(H,36,37)/t17-,18?/m1/s1. The molecule has 0 radical (unpaired) electrons. The van der Waals surface area contributed by atoms with Gasteiger partial charge in [0, 0.05) is 0 Å². The van der Waals surface area contributed by atoms with Gasteiger partial charge in [-0.1, -0.05) is 42.5 Å². The van der Waals surface area contributed by atoms with E-state index in [2.05, 4.69) is 48.8 Å². The number of benzene rings is 3. The molecule has 0 saturated heterocycles. The third kappa shape index (κ3) is 6.35. The molecule has 0 aliphatic rings. The highest BCUT2D eigenvalue weighted by atomic mass is 16.5. The monoisotopic (exact) mass is 526 g/mol. The zero-order valence-electron chi connectivity index (χ0n) is 21.7. The summed E-state index contributed by atoms with van der Waals surface area (Å²) < 4.78 is 5.32. The Balaban J connectivity index is 1.19. The number of carboxylic acid groups (broad SMARTS) is 1. The van der Waals surface area contributed by atoms with E-state index < -0.39 is 18.2 Å². The molecule has 10 heteroatoms. The molecule has 39 heavy (non-hydrogen) atoms. The number of nitrogens with zero attached hydrogens (tertiary/aromatic N) is 2. The predicted molar refractivity (Wildman–Crippen MR) is 147 cm³/mol. The van der Waals surface area contributed by atoms with Crippen LogP contribution in [0.3, 0.4) is 0 Å². The molecule has 5 N–H and O–H groups in total. The van der Waals surface area contributed by atoms with Gasteiger partial charge in [0.2, 0.25) is 0 Å². The molecule has 2 atom stereocenters. The van der Waals surface area contributed by atoms with Crippen LogP contribution in [0.1, 0.15) is 54.3 Å². The van der Waals surface area contributed by atoms with E-state index >= 15 is 0 Å². The maximum atomic E-state index is 12.2. The van der Waals surface area contributed by atoms with Crippen molar-refractivity contribution in [3.8, 4) is 0 Å². The fraction of sp³-hybridized carbons (Fsp3) is 0.241. The highest BCUT2D eigenvalue weighted by molar-refractivity contribution is 5.77. The van der Waals surface area contributed by atoms with Crippen LogP contribution in [-0.2, 0) is 24.2 Å². The first-order chi connectivity index (χ1) is 18.8. The van der Waals surface area contributed by atoms with Gasteiger partial charge in [-0.2, -0.15) is 0 Å². The third-order valence-corrected chi connectivity index (χ3v) is 6.54. The van der Waals surface area contributed by atoms with E-state index in [0.717, 1.165) is 51.6 Å². The molecule has 5 rings (SSSR count). The first-order valence-electron chi connectivity index (χ1n) is 12.8. The number of hydrogen-bond donors (Lipinski definition) is 5. The lowest BCUT2D eigenvalue weighted by molar-refractivity contribution is 0.136. The molecule has 0 aliphatic carbocycles. The Morgan fingerprint density at radius 1 is 0.795 bits per heavy atom. The number of imidazole rings is 2. The molecular weight excluding hydrogens is 496 g/mol. The van der Waals surface area contributed by atoms with Crippen LogP contribution in [0.25, 0.3) is 22.1 Å². The lowest BCUT2D eigenvalue weighted by atomic mass is 10.0. The van der Waals surface area contributed by atoms with Crippen LogP contribution in [0.15, 0.2) is 66.7 Å². The fourth-order valence-corrected chi connectivity index (χ4v) is 4.43. The molecule has 2 heterocycles. The number of aryl methyl sites for hydroxylation is 2. The predicted octanol–water partition coefficient (Wildman–Crippen LogP) is 5.54. The molecule has 200 valence electrons. The number of nitrogens with one attached hydrogen (secondary N) is 4. The number of H-pyrrole nitrogens is 2. The molecule has 2 aromatic heterocycles. The Morgan fingerprint density at radius 2 is 1.33 bits per heavy atom. The van der Waals surface area contributed by atoms with E-state index in [-0.39, 0.29) is 12.6 Å². The SMILES string of the molecule is CC(NC(=O)OCc1ccccc1)c1nc2ccc(CCc3ccc4nc([C@@H](C)NC(=O)O)[nH]c4c3)cc2[nH]1. The van der Waals surface area contributed by atoms with Gasteiger partial charge in [-0.3, -0.25) is 0 Å². The molecule has 5 aromatic rings. The van der Waals surface area contributed by atoms with E-state index in [1.807, 2.05) is 55.5 Å². The van der Waals surface area contributed by atoms with Crippen LogP contribution in [0, 0.1) is 0 Å². The van der Waals surface area contributed by atoms with Crippen molar-refractivity contribution in [2.75, 3.05) is 0 Å². The molecule has 10 nitrogen and oxygen atoms in total. The van der Waals surface area contributed by atoms with Gasteiger partial charge in [0.05, 0.1) is 34.2 Å². The molecule has 0 bridgehead atoms. The van der Waals surface area contributed by atoms with Crippen molar-refractivity contribution in [3.05, 3.63) is 95.1 Å². The number of alkyl carbamates (subject to hydrolysis) is 1. The van der Waals surface area contributed by atoms with Crippen molar-refractivity contribution >= 4 is 34.3 Å². The average molecular weight is 527 g/mol. The van der Waals surface area contributed by atoms with Gasteiger partial charge < -0.3 is 30.4 Å². The summed E-state index contributed by atoms with van der Waals surface area (Å²) in [5.74, 6) is 1.24. The van der Waals surface area contributed by atoms with Crippen molar-refractivity contribution in [1.82, 2.24) is 30.6 Å². The number of carbonyl (C=O) groups excluding carboxylic acids is 1.